The molecule has 0 N–H and O–H groups in total. The lowest BCUT2D eigenvalue weighted by atomic mass is 10.1. The van der Waals surface area contributed by atoms with E-state index in [-0.39, 0.29) is 12.2 Å². The van der Waals surface area contributed by atoms with Crippen molar-refractivity contribution in [3.63, 3.8) is 0 Å². The molecule has 0 atom stereocenters. The number of carbonyl (C=O) groups excluding carboxylic acids is 1. The molecule has 0 aromatic heterocycles. The molecule has 0 bridgehead atoms. The Balaban J connectivity index is 2.01. The molecule has 122 valence electrons. The van der Waals surface area contributed by atoms with Crippen LogP contribution >= 0.6 is 15.9 Å². The monoisotopic (exact) mass is 385 g/mol. The largest absolute Gasteiger partial charge is 0.489 e. The topological polar surface area (TPSA) is 59.3 Å². The average Bonchev–Trinajstić information content (AvgIpc) is 2.60. The van der Waals surface area contributed by atoms with Crippen molar-refractivity contribution in [3.05, 3.63) is 69.7 Å². The summed E-state index contributed by atoms with van der Waals surface area (Å²) in [5.41, 5.74) is 1.77. The number of ether oxygens (including phenoxy) is 2. The third kappa shape index (κ3) is 5.25. The fourth-order valence-corrected chi connectivity index (χ4v) is 2.18. The number of nitriles is 1. The van der Waals surface area contributed by atoms with Gasteiger partial charge in [0, 0.05) is 4.47 Å². The van der Waals surface area contributed by atoms with E-state index < -0.39 is 5.97 Å². The van der Waals surface area contributed by atoms with Crippen LogP contribution in [0.15, 0.2) is 58.6 Å². The van der Waals surface area contributed by atoms with Gasteiger partial charge in [-0.05, 0) is 48.4 Å². The summed E-state index contributed by atoms with van der Waals surface area (Å²) in [7, 11) is 0. The fourth-order valence-electron chi connectivity index (χ4n) is 1.92. The molecule has 2 aromatic rings. The SMILES string of the molecule is CCOC(=O)/C(C#N)=C\c1ccc(OCc2ccc(Br)cc2)cc1. The van der Waals surface area contributed by atoms with Crippen LogP contribution in [0.2, 0.25) is 0 Å². The van der Waals surface area contributed by atoms with E-state index in [0.717, 1.165) is 15.6 Å². The highest BCUT2D eigenvalue weighted by Crippen LogP contribution is 2.17. The van der Waals surface area contributed by atoms with Crippen molar-refractivity contribution < 1.29 is 14.3 Å². The van der Waals surface area contributed by atoms with Gasteiger partial charge in [-0.2, -0.15) is 5.26 Å². The van der Waals surface area contributed by atoms with Crippen LogP contribution < -0.4 is 4.74 Å². The Kier molecular flexibility index (Phi) is 6.59. The number of halogens is 1. The first kappa shape index (κ1) is 17.8. The predicted octanol–water partition coefficient (Wildman–Crippen LogP) is 4.50. The van der Waals surface area contributed by atoms with E-state index in [2.05, 4.69) is 15.9 Å². The number of benzene rings is 2. The third-order valence-electron chi connectivity index (χ3n) is 3.13. The molecule has 5 heteroatoms. The average molecular weight is 386 g/mol. The van der Waals surface area contributed by atoms with E-state index in [1.54, 1.807) is 31.2 Å². The molecule has 2 rings (SSSR count). The number of hydrogen-bond acceptors (Lipinski definition) is 4. The highest BCUT2D eigenvalue weighted by atomic mass is 79.9. The summed E-state index contributed by atoms with van der Waals surface area (Å²) in [6.07, 6.45) is 1.50. The van der Waals surface area contributed by atoms with Crippen molar-refractivity contribution in [2.24, 2.45) is 0 Å². The maximum absolute atomic E-state index is 11.6. The lowest BCUT2D eigenvalue weighted by Crippen LogP contribution is -2.05. The first-order chi connectivity index (χ1) is 11.6. The molecule has 0 radical (unpaired) electrons. The van der Waals surface area contributed by atoms with Gasteiger partial charge in [-0.1, -0.05) is 40.2 Å². The summed E-state index contributed by atoms with van der Waals surface area (Å²) >= 11 is 3.39. The molecule has 0 fully saturated rings. The Hall–Kier alpha value is -2.58. The van der Waals surface area contributed by atoms with Crippen LogP contribution in [0, 0.1) is 11.3 Å². The van der Waals surface area contributed by atoms with E-state index >= 15 is 0 Å². The molecule has 4 nitrogen and oxygen atoms in total. The second kappa shape index (κ2) is 8.90. The van der Waals surface area contributed by atoms with Gasteiger partial charge in [0.25, 0.3) is 0 Å². The normalized spacial score (nSPS) is 10.8. The number of nitrogens with zero attached hydrogens (tertiary/aromatic N) is 1. The highest BCUT2D eigenvalue weighted by Gasteiger charge is 2.09. The summed E-state index contributed by atoms with van der Waals surface area (Å²) in [5, 5.41) is 9.02. The van der Waals surface area contributed by atoms with Gasteiger partial charge in [-0.3, -0.25) is 0 Å². The molecule has 0 aliphatic carbocycles. The number of rotatable bonds is 6. The van der Waals surface area contributed by atoms with Crippen LogP contribution in [0.4, 0.5) is 0 Å². The molecular formula is C19H16BrNO3. The summed E-state index contributed by atoms with van der Waals surface area (Å²) < 4.78 is 11.6. The summed E-state index contributed by atoms with van der Waals surface area (Å²) in [4.78, 5) is 11.6. The number of carbonyl (C=O) groups is 1. The lowest BCUT2D eigenvalue weighted by molar-refractivity contribution is -0.137. The molecule has 0 amide bonds. The van der Waals surface area contributed by atoms with Gasteiger partial charge in [-0.25, -0.2) is 4.79 Å². The van der Waals surface area contributed by atoms with E-state index in [1.165, 1.54) is 6.08 Å². The molecule has 2 aromatic carbocycles. The van der Waals surface area contributed by atoms with Gasteiger partial charge < -0.3 is 9.47 Å². The second-order valence-corrected chi connectivity index (χ2v) is 5.79. The van der Waals surface area contributed by atoms with E-state index in [4.69, 9.17) is 14.7 Å². The van der Waals surface area contributed by atoms with Crippen LogP contribution in [-0.2, 0) is 16.1 Å². The van der Waals surface area contributed by atoms with Crippen LogP contribution in [0.5, 0.6) is 5.75 Å². The molecular weight excluding hydrogens is 370 g/mol. The summed E-state index contributed by atoms with van der Waals surface area (Å²) in [6, 6.07) is 16.9. The first-order valence-electron chi connectivity index (χ1n) is 7.38. The van der Waals surface area contributed by atoms with Gasteiger partial charge in [0.15, 0.2) is 0 Å². The minimum Gasteiger partial charge on any atom is -0.489 e. The van der Waals surface area contributed by atoms with Crippen molar-refractivity contribution in [2.75, 3.05) is 6.61 Å². The Labute approximate surface area is 149 Å². The first-order valence-corrected chi connectivity index (χ1v) is 8.18. The zero-order chi connectivity index (χ0) is 17.4. The van der Waals surface area contributed by atoms with Crippen molar-refractivity contribution in [3.8, 4) is 11.8 Å². The molecule has 0 saturated heterocycles. The van der Waals surface area contributed by atoms with Crippen LogP contribution in [0.25, 0.3) is 6.08 Å². The lowest BCUT2D eigenvalue weighted by Gasteiger charge is -2.07. The fraction of sp³-hybridized carbons (Fsp3) is 0.158. The molecule has 0 aliphatic rings. The second-order valence-electron chi connectivity index (χ2n) is 4.87. The molecule has 24 heavy (non-hydrogen) atoms. The van der Waals surface area contributed by atoms with Gasteiger partial charge in [0.2, 0.25) is 0 Å². The van der Waals surface area contributed by atoms with Crippen molar-refractivity contribution in [1.82, 2.24) is 0 Å². The van der Waals surface area contributed by atoms with Gasteiger partial charge >= 0.3 is 5.97 Å². The van der Waals surface area contributed by atoms with Gasteiger partial charge in [0.1, 0.15) is 24.0 Å². The van der Waals surface area contributed by atoms with E-state index in [0.29, 0.717) is 12.4 Å². The predicted molar refractivity (Wildman–Crippen MR) is 95.1 cm³/mol. The number of hydrogen-bond donors (Lipinski definition) is 0. The van der Waals surface area contributed by atoms with Crippen LogP contribution in [0.1, 0.15) is 18.1 Å². The van der Waals surface area contributed by atoms with E-state index in [1.807, 2.05) is 30.3 Å². The smallest absolute Gasteiger partial charge is 0.348 e. The molecule has 0 saturated carbocycles. The highest BCUT2D eigenvalue weighted by molar-refractivity contribution is 9.10. The zero-order valence-corrected chi connectivity index (χ0v) is 14.7. The summed E-state index contributed by atoms with van der Waals surface area (Å²) in [5.74, 6) is 0.0975. The van der Waals surface area contributed by atoms with Gasteiger partial charge in [-0.15, -0.1) is 0 Å². The van der Waals surface area contributed by atoms with Crippen LogP contribution in [0.3, 0.4) is 0 Å². The number of esters is 1. The molecule has 0 aliphatic heterocycles. The van der Waals surface area contributed by atoms with Crippen molar-refractivity contribution >= 4 is 28.0 Å². The Morgan fingerprint density at radius 1 is 1.17 bits per heavy atom. The maximum Gasteiger partial charge on any atom is 0.348 e. The van der Waals surface area contributed by atoms with Crippen molar-refractivity contribution in [2.45, 2.75) is 13.5 Å². The summed E-state index contributed by atoms with van der Waals surface area (Å²) in [6.45, 7) is 2.40. The van der Waals surface area contributed by atoms with Crippen LogP contribution in [-0.4, -0.2) is 12.6 Å². The standard InChI is InChI=1S/C19H16BrNO3/c1-2-23-19(22)16(12-21)11-14-5-9-18(10-6-14)24-13-15-3-7-17(20)8-4-15/h3-11H,2,13H2,1H3/b16-11-. The Morgan fingerprint density at radius 2 is 1.83 bits per heavy atom. The molecule has 0 spiro atoms. The molecule has 0 unspecified atom stereocenters. The quantitative estimate of drug-likeness (QED) is 0.417. The maximum atomic E-state index is 11.6. The van der Waals surface area contributed by atoms with Crippen molar-refractivity contribution in [1.29, 1.82) is 5.26 Å². The zero-order valence-electron chi connectivity index (χ0n) is 13.2. The Morgan fingerprint density at radius 3 is 2.42 bits per heavy atom. The molecule has 0 heterocycles. The minimum absolute atomic E-state index is 0.0274. The third-order valence-corrected chi connectivity index (χ3v) is 3.65. The Bertz CT molecular complexity index is 759. The minimum atomic E-state index is -0.615. The van der Waals surface area contributed by atoms with Gasteiger partial charge in [0.05, 0.1) is 6.61 Å². The van der Waals surface area contributed by atoms with E-state index in [9.17, 15) is 4.79 Å².